The monoisotopic (exact) mass is 281 g/mol. The number of hydrogen-bond donors (Lipinski definition) is 2. The van der Waals surface area contributed by atoms with E-state index in [1.54, 1.807) is 18.2 Å². The molecule has 2 atom stereocenters. The number of benzene rings is 1. The summed E-state index contributed by atoms with van der Waals surface area (Å²) in [6.07, 6.45) is 0. The first-order chi connectivity index (χ1) is 8.95. The molecule has 1 saturated heterocycles. The lowest BCUT2D eigenvalue weighted by molar-refractivity contribution is -0.117. The number of carbonyl (C=O) groups excluding carboxylic acids is 1. The van der Waals surface area contributed by atoms with Crippen molar-refractivity contribution in [3.8, 4) is 0 Å². The molecule has 1 aromatic carbocycles. The Morgan fingerprint density at radius 3 is 2.68 bits per heavy atom. The van der Waals surface area contributed by atoms with Crippen LogP contribution >= 0.6 is 11.6 Å². The van der Waals surface area contributed by atoms with E-state index in [9.17, 15) is 4.79 Å². The zero-order valence-electron chi connectivity index (χ0n) is 11.3. The summed E-state index contributed by atoms with van der Waals surface area (Å²) < 4.78 is 0. The van der Waals surface area contributed by atoms with Crippen molar-refractivity contribution in [2.24, 2.45) is 11.8 Å². The molecule has 0 bridgehead atoms. The smallest absolute Gasteiger partial charge is 0.238 e. The molecule has 1 heterocycles. The second-order valence-electron chi connectivity index (χ2n) is 5.43. The normalized spacial score (nSPS) is 23.5. The highest BCUT2D eigenvalue weighted by atomic mass is 35.5. The van der Waals surface area contributed by atoms with Gasteiger partial charge in [0.15, 0.2) is 0 Å². The van der Waals surface area contributed by atoms with Crippen molar-refractivity contribution >= 4 is 28.9 Å². The minimum Gasteiger partial charge on any atom is -0.397 e. The molecule has 1 aliphatic heterocycles. The molecule has 19 heavy (non-hydrogen) atoms. The van der Waals surface area contributed by atoms with Crippen molar-refractivity contribution in [2.75, 3.05) is 30.7 Å². The maximum absolute atomic E-state index is 12.0. The number of carbonyl (C=O) groups is 1. The lowest BCUT2D eigenvalue weighted by Gasteiger charge is -2.15. The van der Waals surface area contributed by atoms with E-state index in [4.69, 9.17) is 17.3 Å². The molecule has 1 amide bonds. The van der Waals surface area contributed by atoms with Crippen LogP contribution in [0, 0.1) is 11.8 Å². The lowest BCUT2D eigenvalue weighted by atomic mass is 10.0. The first kappa shape index (κ1) is 14.2. The van der Waals surface area contributed by atoms with Gasteiger partial charge in [-0.15, -0.1) is 0 Å². The average Bonchev–Trinajstić information content (AvgIpc) is 2.63. The van der Waals surface area contributed by atoms with Crippen LogP contribution in [0.15, 0.2) is 18.2 Å². The number of nitrogen functional groups attached to an aromatic ring is 1. The van der Waals surface area contributed by atoms with Crippen molar-refractivity contribution in [2.45, 2.75) is 13.8 Å². The Labute approximate surface area is 118 Å². The van der Waals surface area contributed by atoms with Crippen LogP contribution in [0.2, 0.25) is 5.02 Å². The topological polar surface area (TPSA) is 58.4 Å². The number of rotatable bonds is 3. The molecule has 1 fully saturated rings. The van der Waals surface area contributed by atoms with Crippen LogP contribution in [0.3, 0.4) is 0 Å². The second kappa shape index (κ2) is 5.80. The number of halogens is 1. The van der Waals surface area contributed by atoms with Crippen LogP contribution in [0.25, 0.3) is 0 Å². The predicted octanol–water partition coefficient (Wildman–Crippen LogP) is 2.45. The summed E-state index contributed by atoms with van der Waals surface area (Å²) in [5.41, 5.74) is 6.91. The lowest BCUT2D eigenvalue weighted by Crippen LogP contribution is -2.31. The van der Waals surface area contributed by atoms with Gasteiger partial charge in [-0.1, -0.05) is 25.4 Å². The molecule has 3 N–H and O–H groups in total. The minimum atomic E-state index is -0.0460. The Kier molecular flexibility index (Phi) is 4.32. The molecule has 0 radical (unpaired) electrons. The standard InChI is InChI=1S/C14H20ClN3O/c1-9-6-18(7-10(9)2)8-14(19)17-13-5-11(15)3-4-12(13)16/h3-5,9-10H,6-8,16H2,1-2H3,(H,17,19). The highest BCUT2D eigenvalue weighted by Gasteiger charge is 2.27. The quantitative estimate of drug-likeness (QED) is 0.837. The fourth-order valence-corrected chi connectivity index (χ4v) is 2.58. The molecule has 2 rings (SSSR count). The van der Waals surface area contributed by atoms with Gasteiger partial charge in [0.1, 0.15) is 0 Å². The third-order valence-corrected chi connectivity index (χ3v) is 3.96. The van der Waals surface area contributed by atoms with E-state index < -0.39 is 0 Å². The molecule has 0 aliphatic carbocycles. The molecule has 2 unspecified atom stereocenters. The van der Waals surface area contributed by atoms with Crippen molar-refractivity contribution in [3.05, 3.63) is 23.2 Å². The summed E-state index contributed by atoms with van der Waals surface area (Å²) in [5, 5.41) is 3.38. The highest BCUT2D eigenvalue weighted by molar-refractivity contribution is 6.31. The first-order valence-corrected chi connectivity index (χ1v) is 6.90. The summed E-state index contributed by atoms with van der Waals surface area (Å²) in [7, 11) is 0. The Morgan fingerprint density at radius 2 is 2.05 bits per heavy atom. The van der Waals surface area contributed by atoms with Crippen molar-refractivity contribution in [1.29, 1.82) is 0 Å². The van der Waals surface area contributed by atoms with Crippen LogP contribution < -0.4 is 11.1 Å². The van der Waals surface area contributed by atoms with Crippen LogP contribution in [-0.2, 0) is 4.79 Å². The van der Waals surface area contributed by atoms with Gasteiger partial charge in [-0.3, -0.25) is 9.69 Å². The van der Waals surface area contributed by atoms with Gasteiger partial charge in [-0.25, -0.2) is 0 Å². The van der Waals surface area contributed by atoms with Gasteiger partial charge in [0.05, 0.1) is 17.9 Å². The fraction of sp³-hybridized carbons (Fsp3) is 0.500. The summed E-state index contributed by atoms with van der Waals surface area (Å²) in [4.78, 5) is 14.2. The molecule has 1 aromatic rings. The molecule has 0 spiro atoms. The summed E-state index contributed by atoms with van der Waals surface area (Å²) in [6, 6.07) is 5.07. The third-order valence-electron chi connectivity index (χ3n) is 3.72. The van der Waals surface area contributed by atoms with Crippen molar-refractivity contribution in [3.63, 3.8) is 0 Å². The van der Waals surface area contributed by atoms with E-state index in [1.807, 2.05) is 0 Å². The summed E-state index contributed by atoms with van der Waals surface area (Å²) in [5.74, 6) is 1.24. The number of nitrogens with zero attached hydrogens (tertiary/aromatic N) is 1. The van der Waals surface area contributed by atoms with E-state index >= 15 is 0 Å². The number of hydrogen-bond acceptors (Lipinski definition) is 3. The predicted molar refractivity (Wildman–Crippen MR) is 79.3 cm³/mol. The van der Waals surface area contributed by atoms with E-state index in [2.05, 4.69) is 24.1 Å². The Bertz CT molecular complexity index is 468. The van der Waals surface area contributed by atoms with Crippen LogP contribution in [0.1, 0.15) is 13.8 Å². The Balaban J connectivity index is 1.93. The summed E-state index contributed by atoms with van der Waals surface area (Å²) in [6.45, 7) is 6.79. The van der Waals surface area contributed by atoms with Crippen LogP contribution in [0.5, 0.6) is 0 Å². The number of nitrogens with one attached hydrogen (secondary N) is 1. The molecular weight excluding hydrogens is 262 g/mol. The number of likely N-dealkylation sites (tertiary alicyclic amines) is 1. The molecule has 5 heteroatoms. The van der Waals surface area contributed by atoms with Crippen molar-refractivity contribution < 1.29 is 4.79 Å². The molecular formula is C14H20ClN3O. The summed E-state index contributed by atoms with van der Waals surface area (Å²) >= 11 is 5.89. The zero-order valence-corrected chi connectivity index (χ0v) is 12.1. The van der Waals surface area contributed by atoms with E-state index in [0.29, 0.717) is 34.8 Å². The van der Waals surface area contributed by atoms with Gasteiger partial charge >= 0.3 is 0 Å². The minimum absolute atomic E-state index is 0.0460. The zero-order chi connectivity index (χ0) is 14.0. The molecule has 0 aromatic heterocycles. The SMILES string of the molecule is CC1CN(CC(=O)Nc2cc(Cl)ccc2N)CC1C. The molecule has 4 nitrogen and oxygen atoms in total. The van der Waals surface area contributed by atoms with Crippen LogP contribution in [-0.4, -0.2) is 30.4 Å². The molecule has 1 aliphatic rings. The maximum Gasteiger partial charge on any atom is 0.238 e. The number of anilines is 2. The molecule has 0 saturated carbocycles. The Morgan fingerprint density at radius 1 is 1.42 bits per heavy atom. The number of amides is 1. The van der Waals surface area contributed by atoms with Crippen LogP contribution in [0.4, 0.5) is 11.4 Å². The van der Waals surface area contributed by atoms with Gasteiger partial charge in [0.2, 0.25) is 5.91 Å². The van der Waals surface area contributed by atoms with Gasteiger partial charge in [0.25, 0.3) is 0 Å². The number of nitrogens with two attached hydrogens (primary N) is 1. The molecule has 104 valence electrons. The van der Waals surface area contributed by atoms with Gasteiger partial charge in [0, 0.05) is 18.1 Å². The first-order valence-electron chi connectivity index (χ1n) is 6.53. The third kappa shape index (κ3) is 3.61. The average molecular weight is 282 g/mol. The fourth-order valence-electron chi connectivity index (χ4n) is 2.41. The van der Waals surface area contributed by atoms with Gasteiger partial charge in [-0.05, 0) is 30.0 Å². The Hall–Kier alpha value is -1.26. The highest BCUT2D eigenvalue weighted by Crippen LogP contribution is 2.24. The second-order valence-corrected chi connectivity index (χ2v) is 5.86. The largest absolute Gasteiger partial charge is 0.397 e. The van der Waals surface area contributed by atoms with Gasteiger partial charge < -0.3 is 11.1 Å². The van der Waals surface area contributed by atoms with Crippen molar-refractivity contribution in [1.82, 2.24) is 4.90 Å². The van der Waals surface area contributed by atoms with E-state index in [-0.39, 0.29) is 5.91 Å². The maximum atomic E-state index is 12.0. The van der Waals surface area contributed by atoms with E-state index in [1.165, 1.54) is 0 Å². The van der Waals surface area contributed by atoms with E-state index in [0.717, 1.165) is 13.1 Å². The van der Waals surface area contributed by atoms with Gasteiger partial charge in [-0.2, -0.15) is 0 Å².